The van der Waals surface area contributed by atoms with Gasteiger partial charge in [0.05, 0.1) is 12.5 Å². The van der Waals surface area contributed by atoms with Crippen molar-refractivity contribution in [3.8, 4) is 23.0 Å². The van der Waals surface area contributed by atoms with Gasteiger partial charge in [0.25, 0.3) is 0 Å². The van der Waals surface area contributed by atoms with Crippen molar-refractivity contribution in [3.63, 3.8) is 0 Å². The Morgan fingerprint density at radius 3 is 2.91 bits per heavy atom. The Hall–Kier alpha value is -3.02. The van der Waals surface area contributed by atoms with Crippen LogP contribution in [0.2, 0.25) is 0 Å². The van der Waals surface area contributed by atoms with Gasteiger partial charge >= 0.3 is 0 Å². The number of aryl methyl sites for hydroxylation is 1. The number of ether oxygens (including phenoxy) is 1. The Bertz CT molecular complexity index is 1000. The highest BCUT2D eigenvalue weighted by molar-refractivity contribution is 5.89. The first-order chi connectivity index (χ1) is 10.6. The number of hydrogen-bond acceptors (Lipinski definition) is 5. The number of phenols is 1. The number of furan rings is 1. The maximum absolute atomic E-state index is 10.0. The predicted octanol–water partition coefficient (Wildman–Crippen LogP) is 3.17. The molecular formula is C16H13N3O3. The van der Waals surface area contributed by atoms with E-state index in [1.807, 2.05) is 23.7 Å². The van der Waals surface area contributed by atoms with Gasteiger partial charge in [0.15, 0.2) is 5.76 Å². The fourth-order valence-electron chi connectivity index (χ4n) is 2.45. The maximum atomic E-state index is 10.0. The molecule has 3 heterocycles. The molecule has 3 aromatic heterocycles. The number of imidazole rings is 1. The molecule has 1 N–H and O–H groups in total. The zero-order chi connectivity index (χ0) is 15.3. The summed E-state index contributed by atoms with van der Waals surface area (Å²) in [4.78, 5) is 8.70. The SMILES string of the molecule is COc1cc(O)c2cc(-c3cn4cc(C)cnc4n3)oc2c1. The summed E-state index contributed by atoms with van der Waals surface area (Å²) in [6, 6.07) is 5.05. The van der Waals surface area contributed by atoms with Gasteiger partial charge in [-0.1, -0.05) is 0 Å². The number of methoxy groups -OCH3 is 1. The van der Waals surface area contributed by atoms with Gasteiger partial charge in [0, 0.05) is 30.7 Å². The molecule has 22 heavy (non-hydrogen) atoms. The van der Waals surface area contributed by atoms with E-state index in [4.69, 9.17) is 9.15 Å². The van der Waals surface area contributed by atoms with Crippen LogP contribution in [0.3, 0.4) is 0 Å². The minimum Gasteiger partial charge on any atom is -0.507 e. The molecular weight excluding hydrogens is 282 g/mol. The van der Waals surface area contributed by atoms with E-state index >= 15 is 0 Å². The van der Waals surface area contributed by atoms with Crippen molar-refractivity contribution in [1.82, 2.24) is 14.4 Å². The van der Waals surface area contributed by atoms with Crippen LogP contribution < -0.4 is 4.74 Å². The highest BCUT2D eigenvalue weighted by Gasteiger charge is 2.14. The predicted molar refractivity (Wildman–Crippen MR) is 81.1 cm³/mol. The van der Waals surface area contributed by atoms with E-state index in [0.717, 1.165) is 5.56 Å². The van der Waals surface area contributed by atoms with Crippen molar-refractivity contribution < 1.29 is 14.3 Å². The number of phenolic OH excluding ortho intramolecular Hbond substituents is 1. The molecule has 0 bridgehead atoms. The lowest BCUT2D eigenvalue weighted by atomic mass is 10.2. The van der Waals surface area contributed by atoms with Crippen LogP contribution in [0.4, 0.5) is 0 Å². The molecule has 0 radical (unpaired) electrons. The fraction of sp³-hybridized carbons (Fsp3) is 0.125. The first-order valence-electron chi connectivity index (χ1n) is 6.76. The third kappa shape index (κ3) is 1.88. The van der Waals surface area contributed by atoms with Gasteiger partial charge in [-0.25, -0.2) is 9.97 Å². The van der Waals surface area contributed by atoms with Crippen molar-refractivity contribution in [1.29, 1.82) is 0 Å². The summed E-state index contributed by atoms with van der Waals surface area (Å²) < 4.78 is 12.8. The van der Waals surface area contributed by atoms with E-state index in [1.54, 1.807) is 31.5 Å². The topological polar surface area (TPSA) is 72.8 Å². The van der Waals surface area contributed by atoms with E-state index < -0.39 is 0 Å². The molecule has 0 spiro atoms. The van der Waals surface area contributed by atoms with Gasteiger partial charge in [-0.05, 0) is 18.6 Å². The Kier molecular flexibility index (Phi) is 2.59. The van der Waals surface area contributed by atoms with Gasteiger partial charge in [0.1, 0.15) is 22.8 Å². The van der Waals surface area contributed by atoms with E-state index in [9.17, 15) is 5.11 Å². The second-order valence-electron chi connectivity index (χ2n) is 5.13. The lowest BCUT2D eigenvalue weighted by Crippen LogP contribution is -1.87. The highest BCUT2D eigenvalue weighted by Crippen LogP contribution is 2.35. The largest absolute Gasteiger partial charge is 0.507 e. The average molecular weight is 295 g/mol. The minimum atomic E-state index is 0.113. The van der Waals surface area contributed by atoms with Crippen LogP contribution in [0.5, 0.6) is 11.5 Å². The molecule has 0 aliphatic carbocycles. The van der Waals surface area contributed by atoms with Crippen LogP contribution in [-0.2, 0) is 0 Å². The second kappa shape index (κ2) is 4.49. The van der Waals surface area contributed by atoms with Gasteiger partial charge in [0.2, 0.25) is 5.78 Å². The molecule has 6 nitrogen and oxygen atoms in total. The van der Waals surface area contributed by atoms with Crippen LogP contribution in [0.15, 0.2) is 41.2 Å². The number of rotatable bonds is 2. The van der Waals surface area contributed by atoms with Gasteiger partial charge in [-0.15, -0.1) is 0 Å². The Morgan fingerprint density at radius 1 is 1.23 bits per heavy atom. The van der Waals surface area contributed by atoms with Crippen molar-refractivity contribution in [2.45, 2.75) is 6.92 Å². The number of hydrogen-bond donors (Lipinski definition) is 1. The molecule has 0 atom stereocenters. The first-order valence-corrected chi connectivity index (χ1v) is 6.76. The third-order valence-electron chi connectivity index (χ3n) is 3.52. The third-order valence-corrected chi connectivity index (χ3v) is 3.52. The molecule has 1 aromatic carbocycles. The van der Waals surface area contributed by atoms with Crippen LogP contribution in [0, 0.1) is 6.92 Å². The molecule has 4 rings (SSSR count). The lowest BCUT2D eigenvalue weighted by Gasteiger charge is -1.99. The van der Waals surface area contributed by atoms with Crippen LogP contribution >= 0.6 is 0 Å². The standard InChI is InChI=1S/C16H13N3O3/c1-9-6-17-16-18-12(8-19(16)7-9)15-5-11-13(20)3-10(21-2)4-14(11)22-15/h3-8,20H,1-2H3. The fourth-order valence-corrected chi connectivity index (χ4v) is 2.45. The number of aromatic nitrogens is 3. The zero-order valence-corrected chi connectivity index (χ0v) is 12.1. The van der Waals surface area contributed by atoms with Crippen molar-refractivity contribution in [2.24, 2.45) is 0 Å². The van der Waals surface area contributed by atoms with Crippen molar-refractivity contribution >= 4 is 16.7 Å². The Morgan fingerprint density at radius 2 is 2.09 bits per heavy atom. The first kappa shape index (κ1) is 12.7. The van der Waals surface area contributed by atoms with E-state index in [-0.39, 0.29) is 5.75 Å². The summed E-state index contributed by atoms with van der Waals surface area (Å²) >= 11 is 0. The average Bonchev–Trinajstić information content (AvgIpc) is 3.10. The van der Waals surface area contributed by atoms with Crippen LogP contribution in [0.25, 0.3) is 28.2 Å². The number of aromatic hydroxyl groups is 1. The van der Waals surface area contributed by atoms with Crippen LogP contribution in [0.1, 0.15) is 5.56 Å². The molecule has 0 fully saturated rings. The molecule has 110 valence electrons. The lowest BCUT2D eigenvalue weighted by molar-refractivity contribution is 0.408. The maximum Gasteiger partial charge on any atom is 0.234 e. The summed E-state index contributed by atoms with van der Waals surface area (Å²) in [5.74, 6) is 1.82. The molecule has 0 amide bonds. The molecule has 0 aliphatic rings. The summed E-state index contributed by atoms with van der Waals surface area (Å²) in [6.07, 6.45) is 5.56. The Labute approximate surface area is 125 Å². The van der Waals surface area contributed by atoms with E-state index in [0.29, 0.717) is 34.0 Å². The smallest absolute Gasteiger partial charge is 0.234 e. The summed E-state index contributed by atoms with van der Waals surface area (Å²) in [5, 5.41) is 10.7. The second-order valence-corrected chi connectivity index (χ2v) is 5.13. The molecule has 0 saturated carbocycles. The normalized spacial score (nSPS) is 11.4. The van der Waals surface area contributed by atoms with E-state index in [1.165, 1.54) is 0 Å². The van der Waals surface area contributed by atoms with Gasteiger partial charge < -0.3 is 14.3 Å². The van der Waals surface area contributed by atoms with Crippen molar-refractivity contribution in [3.05, 3.63) is 42.4 Å². The van der Waals surface area contributed by atoms with Crippen LogP contribution in [-0.4, -0.2) is 26.6 Å². The number of benzene rings is 1. The molecule has 6 heteroatoms. The summed E-state index contributed by atoms with van der Waals surface area (Å²) in [5.41, 5.74) is 2.25. The summed E-state index contributed by atoms with van der Waals surface area (Å²) in [6.45, 7) is 1.97. The number of nitrogens with zero attached hydrogens (tertiary/aromatic N) is 3. The zero-order valence-electron chi connectivity index (χ0n) is 12.1. The summed E-state index contributed by atoms with van der Waals surface area (Å²) in [7, 11) is 1.54. The molecule has 0 aliphatic heterocycles. The van der Waals surface area contributed by atoms with Gasteiger partial charge in [-0.2, -0.15) is 0 Å². The Balaban J connectivity index is 1.90. The van der Waals surface area contributed by atoms with Crippen molar-refractivity contribution in [2.75, 3.05) is 7.11 Å². The van der Waals surface area contributed by atoms with E-state index in [2.05, 4.69) is 9.97 Å². The number of fused-ring (bicyclic) bond motifs is 2. The molecule has 4 aromatic rings. The monoisotopic (exact) mass is 295 g/mol. The van der Waals surface area contributed by atoms with Gasteiger partial charge in [-0.3, -0.25) is 4.40 Å². The highest BCUT2D eigenvalue weighted by atomic mass is 16.5. The molecule has 0 unspecified atom stereocenters. The molecule has 0 saturated heterocycles. The minimum absolute atomic E-state index is 0.113. The quantitative estimate of drug-likeness (QED) is 0.615.